The first kappa shape index (κ1) is 12.8. The van der Waals surface area contributed by atoms with Gasteiger partial charge in [-0.3, -0.25) is 9.48 Å². The molecular weight excluding hydrogens is 236 g/mol. The first-order chi connectivity index (χ1) is 8.63. The Bertz CT molecular complexity index is 412. The Morgan fingerprint density at radius 2 is 2.61 bits per heavy atom. The zero-order valence-corrected chi connectivity index (χ0v) is 10.4. The van der Waals surface area contributed by atoms with Gasteiger partial charge in [0, 0.05) is 32.9 Å². The lowest BCUT2D eigenvalue weighted by Gasteiger charge is -2.25. The number of amides is 1. The zero-order chi connectivity index (χ0) is 13.0. The van der Waals surface area contributed by atoms with Gasteiger partial charge in [0.05, 0.1) is 18.5 Å². The number of nitrogens with one attached hydrogen (secondary N) is 1. The SMILES string of the molecule is COC1(CNC(=O)Cn2cc(N)cn2)CCOC1. The van der Waals surface area contributed by atoms with Gasteiger partial charge in [-0.2, -0.15) is 5.10 Å². The largest absolute Gasteiger partial charge is 0.396 e. The maximum atomic E-state index is 11.7. The highest BCUT2D eigenvalue weighted by Crippen LogP contribution is 2.21. The molecule has 0 aromatic carbocycles. The molecule has 7 heteroatoms. The van der Waals surface area contributed by atoms with E-state index < -0.39 is 5.60 Å². The van der Waals surface area contributed by atoms with Crippen LogP contribution in [-0.4, -0.2) is 48.2 Å². The molecule has 3 N–H and O–H groups in total. The summed E-state index contributed by atoms with van der Waals surface area (Å²) in [7, 11) is 1.63. The molecule has 0 spiro atoms. The van der Waals surface area contributed by atoms with E-state index >= 15 is 0 Å². The molecule has 0 radical (unpaired) electrons. The van der Waals surface area contributed by atoms with Gasteiger partial charge >= 0.3 is 0 Å². The Labute approximate surface area is 105 Å². The summed E-state index contributed by atoms with van der Waals surface area (Å²) < 4.78 is 12.2. The average Bonchev–Trinajstić information content (AvgIpc) is 2.97. The van der Waals surface area contributed by atoms with Crippen LogP contribution in [0, 0.1) is 0 Å². The van der Waals surface area contributed by atoms with Crippen molar-refractivity contribution in [2.45, 2.75) is 18.6 Å². The summed E-state index contributed by atoms with van der Waals surface area (Å²) in [5.41, 5.74) is 5.67. The molecular formula is C11H18N4O3. The predicted molar refractivity (Wildman–Crippen MR) is 64.8 cm³/mol. The van der Waals surface area contributed by atoms with Crippen molar-refractivity contribution in [2.24, 2.45) is 0 Å². The first-order valence-electron chi connectivity index (χ1n) is 5.81. The molecule has 0 bridgehead atoms. The van der Waals surface area contributed by atoms with Crippen molar-refractivity contribution in [2.75, 3.05) is 32.6 Å². The van der Waals surface area contributed by atoms with Crippen LogP contribution >= 0.6 is 0 Å². The van der Waals surface area contributed by atoms with Crippen LogP contribution in [0.4, 0.5) is 5.69 Å². The molecule has 1 unspecified atom stereocenters. The molecule has 2 rings (SSSR count). The molecule has 1 saturated heterocycles. The summed E-state index contributed by atoms with van der Waals surface area (Å²) in [6, 6.07) is 0. The monoisotopic (exact) mass is 254 g/mol. The topological polar surface area (TPSA) is 91.4 Å². The standard InChI is InChI=1S/C11H18N4O3/c1-17-11(2-3-18-8-11)7-13-10(16)6-15-5-9(12)4-14-15/h4-5H,2-3,6-8,12H2,1H3,(H,13,16). The van der Waals surface area contributed by atoms with E-state index in [2.05, 4.69) is 10.4 Å². The minimum atomic E-state index is -0.390. The first-order valence-corrected chi connectivity index (χ1v) is 5.81. The van der Waals surface area contributed by atoms with E-state index in [1.165, 1.54) is 10.9 Å². The van der Waals surface area contributed by atoms with Crippen LogP contribution in [0.2, 0.25) is 0 Å². The minimum Gasteiger partial charge on any atom is -0.396 e. The summed E-state index contributed by atoms with van der Waals surface area (Å²) in [6.45, 7) is 1.77. The summed E-state index contributed by atoms with van der Waals surface area (Å²) in [6.07, 6.45) is 3.91. The van der Waals surface area contributed by atoms with Crippen LogP contribution in [0.15, 0.2) is 12.4 Å². The van der Waals surface area contributed by atoms with Crippen LogP contribution in [0.25, 0.3) is 0 Å². The van der Waals surface area contributed by atoms with Gasteiger partial charge in [0.15, 0.2) is 0 Å². The molecule has 0 aliphatic carbocycles. The van der Waals surface area contributed by atoms with Gasteiger partial charge in [0.2, 0.25) is 5.91 Å². The van der Waals surface area contributed by atoms with E-state index in [1.54, 1.807) is 13.3 Å². The average molecular weight is 254 g/mol. The third kappa shape index (κ3) is 2.99. The zero-order valence-electron chi connectivity index (χ0n) is 10.4. The number of ether oxygens (including phenoxy) is 2. The van der Waals surface area contributed by atoms with Crippen molar-refractivity contribution in [3.8, 4) is 0 Å². The summed E-state index contributed by atoms with van der Waals surface area (Å²) in [5.74, 6) is -0.124. The van der Waals surface area contributed by atoms with Gasteiger partial charge in [0.25, 0.3) is 0 Å². The molecule has 1 aromatic heterocycles. The molecule has 1 atom stereocenters. The second-order valence-corrected chi connectivity index (χ2v) is 4.44. The number of hydrogen-bond acceptors (Lipinski definition) is 5. The normalized spacial score (nSPS) is 23.2. The summed E-state index contributed by atoms with van der Waals surface area (Å²) in [4.78, 5) is 11.7. The molecule has 18 heavy (non-hydrogen) atoms. The van der Waals surface area contributed by atoms with Crippen molar-refractivity contribution >= 4 is 11.6 Å². The van der Waals surface area contributed by atoms with Gasteiger partial charge in [0.1, 0.15) is 12.1 Å². The van der Waals surface area contributed by atoms with E-state index in [4.69, 9.17) is 15.2 Å². The molecule has 1 aromatic rings. The highest BCUT2D eigenvalue weighted by Gasteiger charge is 2.35. The number of methoxy groups -OCH3 is 1. The third-order valence-corrected chi connectivity index (χ3v) is 3.07. The number of carbonyl (C=O) groups is 1. The van der Waals surface area contributed by atoms with E-state index in [0.717, 1.165) is 6.42 Å². The fourth-order valence-electron chi connectivity index (χ4n) is 1.89. The molecule has 1 aliphatic heterocycles. The fraction of sp³-hybridized carbons (Fsp3) is 0.636. The molecule has 2 heterocycles. The van der Waals surface area contributed by atoms with Gasteiger partial charge < -0.3 is 20.5 Å². The molecule has 7 nitrogen and oxygen atoms in total. The van der Waals surface area contributed by atoms with Crippen molar-refractivity contribution < 1.29 is 14.3 Å². The number of anilines is 1. The van der Waals surface area contributed by atoms with E-state index in [-0.39, 0.29) is 12.5 Å². The van der Waals surface area contributed by atoms with Crippen molar-refractivity contribution in [1.82, 2.24) is 15.1 Å². The minimum absolute atomic E-state index is 0.124. The molecule has 0 saturated carbocycles. The van der Waals surface area contributed by atoms with E-state index in [0.29, 0.717) is 25.4 Å². The third-order valence-electron chi connectivity index (χ3n) is 3.07. The maximum absolute atomic E-state index is 11.7. The van der Waals surface area contributed by atoms with Gasteiger partial charge in [-0.25, -0.2) is 0 Å². The van der Waals surface area contributed by atoms with Crippen LogP contribution in [0.1, 0.15) is 6.42 Å². The highest BCUT2D eigenvalue weighted by atomic mass is 16.5. The van der Waals surface area contributed by atoms with Gasteiger partial charge in [-0.1, -0.05) is 0 Å². The lowest BCUT2D eigenvalue weighted by molar-refractivity contribution is -0.123. The lowest BCUT2D eigenvalue weighted by atomic mass is 10.0. The Hall–Kier alpha value is -1.60. The van der Waals surface area contributed by atoms with Crippen molar-refractivity contribution in [3.63, 3.8) is 0 Å². The van der Waals surface area contributed by atoms with Gasteiger partial charge in [-0.15, -0.1) is 0 Å². The Morgan fingerprint density at radius 1 is 1.78 bits per heavy atom. The van der Waals surface area contributed by atoms with E-state index in [1.807, 2.05) is 0 Å². The van der Waals surface area contributed by atoms with Crippen LogP contribution in [0.3, 0.4) is 0 Å². The Morgan fingerprint density at radius 3 is 3.17 bits per heavy atom. The summed E-state index contributed by atoms with van der Waals surface area (Å²) >= 11 is 0. The van der Waals surface area contributed by atoms with Crippen molar-refractivity contribution in [3.05, 3.63) is 12.4 Å². The lowest BCUT2D eigenvalue weighted by Crippen LogP contribution is -2.45. The number of nitrogen functional groups attached to an aromatic ring is 1. The van der Waals surface area contributed by atoms with Crippen LogP contribution in [-0.2, 0) is 20.8 Å². The van der Waals surface area contributed by atoms with E-state index in [9.17, 15) is 4.79 Å². The predicted octanol–water partition coefficient (Wildman–Crippen LogP) is -0.613. The number of nitrogens with zero attached hydrogens (tertiary/aromatic N) is 2. The number of hydrogen-bond donors (Lipinski definition) is 2. The molecule has 100 valence electrons. The number of nitrogens with two attached hydrogens (primary N) is 1. The van der Waals surface area contributed by atoms with Crippen molar-refractivity contribution in [1.29, 1.82) is 0 Å². The molecule has 1 amide bonds. The summed E-state index contributed by atoms with van der Waals surface area (Å²) in [5, 5.41) is 6.78. The quantitative estimate of drug-likeness (QED) is 0.731. The van der Waals surface area contributed by atoms with Crippen LogP contribution < -0.4 is 11.1 Å². The second kappa shape index (κ2) is 5.36. The fourth-order valence-corrected chi connectivity index (χ4v) is 1.89. The highest BCUT2D eigenvalue weighted by molar-refractivity contribution is 5.75. The number of aromatic nitrogens is 2. The van der Waals surface area contributed by atoms with Crippen LogP contribution in [0.5, 0.6) is 0 Å². The molecule has 1 fully saturated rings. The molecule has 1 aliphatic rings. The Balaban J connectivity index is 1.81. The smallest absolute Gasteiger partial charge is 0.241 e. The Kier molecular flexibility index (Phi) is 3.83. The number of rotatable bonds is 5. The maximum Gasteiger partial charge on any atom is 0.241 e. The van der Waals surface area contributed by atoms with Gasteiger partial charge in [-0.05, 0) is 0 Å². The second-order valence-electron chi connectivity index (χ2n) is 4.44. The number of carbonyl (C=O) groups excluding carboxylic acids is 1.